The Morgan fingerprint density at radius 1 is 0.971 bits per heavy atom. The van der Waals surface area contributed by atoms with Crippen LogP contribution in [0.5, 0.6) is 23.0 Å². The largest absolute Gasteiger partial charge is 0.504 e. The van der Waals surface area contributed by atoms with E-state index in [1.54, 1.807) is 24.3 Å². The Kier molecular flexibility index (Phi) is 6.64. The summed E-state index contributed by atoms with van der Waals surface area (Å²) in [5, 5.41) is 50.2. The van der Waals surface area contributed by atoms with Crippen molar-refractivity contribution in [2.24, 2.45) is 0 Å². The molecular formula is C23H24O11. The van der Waals surface area contributed by atoms with Crippen molar-refractivity contribution in [3.8, 4) is 34.3 Å². The third-order valence-electron chi connectivity index (χ3n) is 5.58. The lowest BCUT2D eigenvalue weighted by atomic mass is 9.99. The highest BCUT2D eigenvalue weighted by Crippen LogP contribution is 2.43. The molecule has 0 saturated carbocycles. The van der Waals surface area contributed by atoms with Gasteiger partial charge in [-0.3, -0.25) is 4.79 Å². The van der Waals surface area contributed by atoms with Gasteiger partial charge < -0.3 is 48.9 Å². The predicted molar refractivity (Wildman–Crippen MR) is 117 cm³/mol. The van der Waals surface area contributed by atoms with Crippen LogP contribution in [-0.4, -0.2) is 77.1 Å². The van der Waals surface area contributed by atoms with Gasteiger partial charge in [-0.25, -0.2) is 0 Å². The molecular weight excluding hydrogens is 452 g/mol. The molecule has 2 aromatic carbocycles. The molecule has 11 nitrogen and oxygen atoms in total. The summed E-state index contributed by atoms with van der Waals surface area (Å²) in [5.74, 6) is -0.150. The molecule has 2 heterocycles. The lowest BCUT2D eigenvalue weighted by Crippen LogP contribution is -2.60. The van der Waals surface area contributed by atoms with E-state index in [1.165, 1.54) is 26.4 Å². The molecule has 0 bridgehead atoms. The second-order valence-electron chi connectivity index (χ2n) is 7.65. The molecule has 5 atom stereocenters. The number of methoxy groups -OCH3 is 2. The average molecular weight is 476 g/mol. The van der Waals surface area contributed by atoms with E-state index in [2.05, 4.69) is 0 Å². The van der Waals surface area contributed by atoms with Crippen LogP contribution in [0.4, 0.5) is 0 Å². The first-order chi connectivity index (χ1) is 16.3. The molecule has 1 aromatic heterocycles. The molecule has 0 amide bonds. The fraction of sp³-hybridized carbons (Fsp3) is 0.348. The van der Waals surface area contributed by atoms with Gasteiger partial charge in [0.15, 0.2) is 16.9 Å². The zero-order chi connectivity index (χ0) is 24.6. The smallest absolute Gasteiger partial charge is 0.229 e. The van der Waals surface area contributed by atoms with Crippen LogP contribution in [0.25, 0.3) is 22.3 Å². The Balaban J connectivity index is 1.78. The molecule has 1 aliphatic heterocycles. The Morgan fingerprint density at radius 3 is 2.29 bits per heavy atom. The van der Waals surface area contributed by atoms with Crippen LogP contribution in [0.3, 0.4) is 0 Å². The number of hydrogen-bond acceptors (Lipinski definition) is 11. The van der Waals surface area contributed by atoms with Gasteiger partial charge in [-0.1, -0.05) is 0 Å². The van der Waals surface area contributed by atoms with Gasteiger partial charge in [0, 0.05) is 17.7 Å². The van der Waals surface area contributed by atoms with Crippen molar-refractivity contribution in [2.75, 3.05) is 20.8 Å². The summed E-state index contributed by atoms with van der Waals surface area (Å²) < 4.78 is 27.1. The number of hydrogen-bond donors (Lipinski definition) is 5. The number of rotatable bonds is 6. The number of ether oxygens (including phenoxy) is 4. The summed E-state index contributed by atoms with van der Waals surface area (Å²) in [6.07, 6.45) is -7.69. The number of phenols is 1. The van der Waals surface area contributed by atoms with Crippen LogP contribution >= 0.6 is 0 Å². The molecule has 4 rings (SSSR count). The quantitative estimate of drug-likeness (QED) is 0.333. The molecule has 0 aliphatic carbocycles. The zero-order valence-corrected chi connectivity index (χ0v) is 18.2. The molecule has 1 aliphatic rings. The summed E-state index contributed by atoms with van der Waals surface area (Å²) in [4.78, 5) is 12.8. The summed E-state index contributed by atoms with van der Waals surface area (Å²) in [6, 6.07) is 9.26. The second kappa shape index (κ2) is 9.49. The van der Waals surface area contributed by atoms with Crippen molar-refractivity contribution in [2.45, 2.75) is 30.7 Å². The Labute approximate surface area is 192 Å². The van der Waals surface area contributed by atoms with Gasteiger partial charge in [0.05, 0.1) is 20.8 Å². The van der Waals surface area contributed by atoms with Crippen molar-refractivity contribution < 1.29 is 48.9 Å². The van der Waals surface area contributed by atoms with Gasteiger partial charge >= 0.3 is 0 Å². The van der Waals surface area contributed by atoms with E-state index in [0.717, 1.165) is 0 Å². The van der Waals surface area contributed by atoms with Gasteiger partial charge in [-0.05, 0) is 24.3 Å². The number of aliphatic hydroxyl groups excluding tert-OH is 4. The highest BCUT2D eigenvalue weighted by atomic mass is 16.7. The maximum Gasteiger partial charge on any atom is 0.229 e. The molecule has 0 spiro atoms. The molecule has 3 aromatic rings. The monoisotopic (exact) mass is 476 g/mol. The second-order valence-corrected chi connectivity index (χ2v) is 7.65. The number of aliphatic hydroxyl groups is 4. The maximum atomic E-state index is 12.8. The summed E-state index contributed by atoms with van der Waals surface area (Å²) in [7, 11) is 2.76. The number of fused-ring (bicyclic) bond motifs is 1. The number of aromatic hydroxyl groups is 1. The van der Waals surface area contributed by atoms with Crippen LogP contribution in [0.15, 0.2) is 45.6 Å². The van der Waals surface area contributed by atoms with Gasteiger partial charge in [0.25, 0.3) is 0 Å². The normalized spacial score (nSPS) is 24.7. The van der Waals surface area contributed by atoms with E-state index in [9.17, 15) is 30.3 Å². The number of benzene rings is 2. The summed E-state index contributed by atoms with van der Waals surface area (Å²) in [5.41, 5.74) is -0.00928. The standard InChI is InChI=1S/C23H24O11/c1-30-11-5-3-10(4-6-11)13-7-12(25)17-14(32-13)8-15(22(31-2)19(17)27)33-23-21(29)20(28)18(26)16(9-24)34-23/h3-8,16,18,20-21,23-24,26-29H,9H2,1-2H3/t16-,18-,20-,21-,23-/m1/s1. The molecule has 5 N–H and O–H groups in total. The zero-order valence-electron chi connectivity index (χ0n) is 18.2. The molecule has 34 heavy (non-hydrogen) atoms. The molecule has 1 fully saturated rings. The topological polar surface area (TPSA) is 168 Å². The van der Waals surface area contributed by atoms with Crippen molar-refractivity contribution >= 4 is 11.0 Å². The van der Waals surface area contributed by atoms with Gasteiger partial charge in [-0.2, -0.15) is 0 Å². The van der Waals surface area contributed by atoms with E-state index in [4.69, 9.17) is 23.4 Å². The van der Waals surface area contributed by atoms with Gasteiger partial charge in [0.1, 0.15) is 46.9 Å². The van der Waals surface area contributed by atoms with Crippen molar-refractivity contribution in [3.05, 3.63) is 46.6 Å². The first-order valence-electron chi connectivity index (χ1n) is 10.3. The lowest BCUT2D eigenvalue weighted by molar-refractivity contribution is -0.277. The average Bonchev–Trinajstić information content (AvgIpc) is 2.84. The first kappa shape index (κ1) is 23.8. The van der Waals surface area contributed by atoms with Crippen LogP contribution in [0.1, 0.15) is 0 Å². The first-order valence-corrected chi connectivity index (χ1v) is 10.3. The minimum atomic E-state index is -1.70. The van der Waals surface area contributed by atoms with E-state index in [0.29, 0.717) is 11.3 Å². The number of phenolic OH excluding ortho intramolecular Hbond substituents is 1. The Bertz CT molecular complexity index is 1220. The van der Waals surface area contributed by atoms with Crippen LogP contribution in [-0.2, 0) is 4.74 Å². The van der Waals surface area contributed by atoms with E-state index >= 15 is 0 Å². The van der Waals surface area contributed by atoms with Gasteiger partial charge in [0.2, 0.25) is 12.0 Å². The third kappa shape index (κ3) is 4.15. The predicted octanol–water partition coefficient (Wildman–Crippen LogP) is 0.361. The van der Waals surface area contributed by atoms with Crippen molar-refractivity contribution in [1.29, 1.82) is 0 Å². The molecule has 0 unspecified atom stereocenters. The van der Waals surface area contributed by atoms with E-state index in [1.807, 2.05) is 0 Å². The van der Waals surface area contributed by atoms with Crippen molar-refractivity contribution in [1.82, 2.24) is 0 Å². The molecule has 182 valence electrons. The van der Waals surface area contributed by atoms with Crippen molar-refractivity contribution in [3.63, 3.8) is 0 Å². The van der Waals surface area contributed by atoms with Crippen LogP contribution < -0.4 is 19.6 Å². The fourth-order valence-electron chi connectivity index (χ4n) is 3.73. The Morgan fingerprint density at radius 2 is 1.68 bits per heavy atom. The Hall–Kier alpha value is -3.35. The van der Waals surface area contributed by atoms with E-state index in [-0.39, 0.29) is 28.2 Å². The van der Waals surface area contributed by atoms with Crippen LogP contribution in [0, 0.1) is 0 Å². The van der Waals surface area contributed by atoms with Gasteiger partial charge in [-0.15, -0.1) is 0 Å². The van der Waals surface area contributed by atoms with E-state index < -0.39 is 48.5 Å². The fourth-order valence-corrected chi connectivity index (χ4v) is 3.73. The summed E-state index contributed by atoms with van der Waals surface area (Å²) in [6.45, 7) is -0.648. The highest BCUT2D eigenvalue weighted by Gasteiger charge is 2.45. The molecule has 1 saturated heterocycles. The third-order valence-corrected chi connectivity index (χ3v) is 5.58. The van der Waals surface area contributed by atoms with Crippen LogP contribution in [0.2, 0.25) is 0 Å². The lowest BCUT2D eigenvalue weighted by Gasteiger charge is -2.39. The molecule has 0 radical (unpaired) electrons. The SMILES string of the molecule is COc1ccc(-c2cc(=O)c3c(O)c(OC)c(O[C@@H]4O[C@H](CO)[C@@H](O)[C@@H](O)[C@H]4O)cc3o2)cc1. The minimum Gasteiger partial charge on any atom is -0.504 e. The maximum absolute atomic E-state index is 12.8. The molecule has 11 heteroatoms. The highest BCUT2D eigenvalue weighted by molar-refractivity contribution is 5.89. The summed E-state index contributed by atoms with van der Waals surface area (Å²) >= 11 is 0. The minimum absolute atomic E-state index is 0.0452.